The Labute approximate surface area is 86.6 Å². The maximum absolute atomic E-state index is 10.7. The second-order valence-electron chi connectivity index (χ2n) is 3.09. The molecule has 0 aromatic heterocycles. The number of hydrogen-bond donors (Lipinski definition) is 0. The first-order valence-corrected chi connectivity index (χ1v) is 5.19. The van der Waals surface area contributed by atoms with Crippen molar-refractivity contribution in [2.24, 2.45) is 0 Å². The van der Waals surface area contributed by atoms with Gasteiger partial charge in [0.05, 0.1) is 7.11 Å². The van der Waals surface area contributed by atoms with Crippen molar-refractivity contribution in [3.05, 3.63) is 24.3 Å². The van der Waals surface area contributed by atoms with E-state index in [0.717, 1.165) is 25.7 Å². The summed E-state index contributed by atoms with van der Waals surface area (Å²) in [4.78, 5) is 10.7. The molecule has 0 aliphatic carbocycles. The average molecular weight is 196 g/mol. The fourth-order valence-electron chi connectivity index (χ4n) is 1.02. The Kier molecular flexibility index (Phi) is 9.28. The Morgan fingerprint density at radius 1 is 1.21 bits per heavy atom. The highest BCUT2D eigenvalue weighted by molar-refractivity contribution is 5.68. The van der Waals surface area contributed by atoms with Gasteiger partial charge in [-0.2, -0.15) is 0 Å². The molecule has 0 spiro atoms. The standard InChI is InChI=1S/C12H20O2/c1-3-4-5-6-7-8-9-10-11-12(13)14-2/h4-7H,3,8-11H2,1-2H3/b5-4+,7-6+. The lowest BCUT2D eigenvalue weighted by molar-refractivity contribution is -0.140. The maximum atomic E-state index is 10.7. The third kappa shape index (κ3) is 9.04. The molecule has 0 bridgehead atoms. The molecule has 0 amide bonds. The number of methoxy groups -OCH3 is 1. The summed E-state index contributed by atoms with van der Waals surface area (Å²) in [5.74, 6) is -0.111. The van der Waals surface area contributed by atoms with Gasteiger partial charge in [0, 0.05) is 6.42 Å². The minimum atomic E-state index is -0.111. The number of ether oxygens (including phenoxy) is 1. The summed E-state index contributed by atoms with van der Waals surface area (Å²) in [5.41, 5.74) is 0. The van der Waals surface area contributed by atoms with Crippen LogP contribution in [0.4, 0.5) is 0 Å². The Morgan fingerprint density at radius 3 is 2.57 bits per heavy atom. The van der Waals surface area contributed by atoms with Crippen LogP contribution in [0, 0.1) is 0 Å². The molecule has 0 aliphatic heterocycles. The van der Waals surface area contributed by atoms with Crippen molar-refractivity contribution in [1.82, 2.24) is 0 Å². The molecule has 0 aromatic rings. The van der Waals surface area contributed by atoms with Gasteiger partial charge >= 0.3 is 5.97 Å². The van der Waals surface area contributed by atoms with Gasteiger partial charge < -0.3 is 4.74 Å². The van der Waals surface area contributed by atoms with Crippen LogP contribution in [0.1, 0.15) is 39.0 Å². The Balaban J connectivity index is 3.25. The molecular weight excluding hydrogens is 176 g/mol. The number of rotatable bonds is 7. The highest BCUT2D eigenvalue weighted by Gasteiger charge is 1.97. The van der Waals surface area contributed by atoms with E-state index in [4.69, 9.17) is 0 Å². The number of carbonyl (C=O) groups excluding carboxylic acids is 1. The third-order valence-electron chi connectivity index (χ3n) is 1.85. The number of allylic oxidation sites excluding steroid dienone is 4. The van der Waals surface area contributed by atoms with E-state index in [1.807, 2.05) is 0 Å². The molecule has 0 radical (unpaired) electrons. The van der Waals surface area contributed by atoms with Gasteiger partial charge in [0.15, 0.2) is 0 Å². The van der Waals surface area contributed by atoms with E-state index < -0.39 is 0 Å². The first-order chi connectivity index (χ1) is 6.81. The van der Waals surface area contributed by atoms with E-state index in [-0.39, 0.29) is 5.97 Å². The van der Waals surface area contributed by atoms with Crippen LogP contribution >= 0.6 is 0 Å². The summed E-state index contributed by atoms with van der Waals surface area (Å²) >= 11 is 0. The zero-order valence-electron chi connectivity index (χ0n) is 9.16. The van der Waals surface area contributed by atoms with Crippen molar-refractivity contribution >= 4 is 5.97 Å². The summed E-state index contributed by atoms with van der Waals surface area (Å²) < 4.78 is 4.54. The summed E-state index contributed by atoms with van der Waals surface area (Å²) in [7, 11) is 1.43. The van der Waals surface area contributed by atoms with Crippen molar-refractivity contribution < 1.29 is 9.53 Å². The first kappa shape index (κ1) is 12.9. The van der Waals surface area contributed by atoms with Crippen LogP contribution in [0.15, 0.2) is 24.3 Å². The molecule has 0 atom stereocenters. The summed E-state index contributed by atoms with van der Waals surface area (Å²) in [5, 5.41) is 0. The molecule has 0 saturated carbocycles. The van der Waals surface area contributed by atoms with Gasteiger partial charge in [-0.3, -0.25) is 4.79 Å². The van der Waals surface area contributed by atoms with E-state index in [2.05, 4.69) is 36.0 Å². The number of unbranched alkanes of at least 4 members (excludes halogenated alkanes) is 2. The van der Waals surface area contributed by atoms with Crippen LogP contribution in [0.2, 0.25) is 0 Å². The van der Waals surface area contributed by atoms with Gasteiger partial charge in [-0.05, 0) is 25.7 Å². The summed E-state index contributed by atoms with van der Waals surface area (Å²) in [6, 6.07) is 0. The van der Waals surface area contributed by atoms with Crippen LogP contribution in [0.25, 0.3) is 0 Å². The Bertz CT molecular complexity index is 192. The van der Waals surface area contributed by atoms with Gasteiger partial charge in [0.2, 0.25) is 0 Å². The van der Waals surface area contributed by atoms with Gasteiger partial charge in [-0.15, -0.1) is 0 Å². The van der Waals surface area contributed by atoms with Crippen molar-refractivity contribution in [3.63, 3.8) is 0 Å². The van der Waals surface area contributed by atoms with Crippen molar-refractivity contribution in [3.8, 4) is 0 Å². The van der Waals surface area contributed by atoms with Crippen molar-refractivity contribution in [1.29, 1.82) is 0 Å². The van der Waals surface area contributed by atoms with E-state index in [0.29, 0.717) is 6.42 Å². The monoisotopic (exact) mass is 196 g/mol. The van der Waals surface area contributed by atoms with Crippen molar-refractivity contribution in [2.75, 3.05) is 7.11 Å². The molecule has 0 saturated heterocycles. The molecule has 80 valence electrons. The summed E-state index contributed by atoms with van der Waals surface area (Å²) in [6.07, 6.45) is 13.0. The minimum absolute atomic E-state index is 0.111. The molecule has 2 heteroatoms. The highest BCUT2D eigenvalue weighted by atomic mass is 16.5. The minimum Gasteiger partial charge on any atom is -0.469 e. The fourth-order valence-corrected chi connectivity index (χ4v) is 1.02. The lowest BCUT2D eigenvalue weighted by Gasteiger charge is -1.96. The second-order valence-corrected chi connectivity index (χ2v) is 3.09. The summed E-state index contributed by atoms with van der Waals surface area (Å²) in [6.45, 7) is 2.11. The number of hydrogen-bond acceptors (Lipinski definition) is 2. The largest absolute Gasteiger partial charge is 0.469 e. The van der Waals surface area contributed by atoms with E-state index in [9.17, 15) is 4.79 Å². The number of esters is 1. The fraction of sp³-hybridized carbons (Fsp3) is 0.583. The topological polar surface area (TPSA) is 26.3 Å². The quantitative estimate of drug-likeness (QED) is 0.355. The normalized spacial score (nSPS) is 11.3. The molecule has 0 N–H and O–H groups in total. The molecule has 0 aliphatic rings. The highest BCUT2D eigenvalue weighted by Crippen LogP contribution is 2.01. The average Bonchev–Trinajstić information content (AvgIpc) is 2.21. The van der Waals surface area contributed by atoms with E-state index >= 15 is 0 Å². The molecule has 0 aromatic carbocycles. The van der Waals surface area contributed by atoms with Crippen LogP contribution in [-0.4, -0.2) is 13.1 Å². The predicted molar refractivity (Wildman–Crippen MR) is 59.1 cm³/mol. The van der Waals surface area contributed by atoms with E-state index in [1.54, 1.807) is 0 Å². The third-order valence-corrected chi connectivity index (χ3v) is 1.85. The Hall–Kier alpha value is -1.05. The number of carbonyl (C=O) groups is 1. The van der Waals surface area contributed by atoms with Crippen LogP contribution in [0.3, 0.4) is 0 Å². The molecule has 0 heterocycles. The maximum Gasteiger partial charge on any atom is 0.305 e. The van der Waals surface area contributed by atoms with Crippen LogP contribution in [-0.2, 0) is 9.53 Å². The smallest absolute Gasteiger partial charge is 0.305 e. The van der Waals surface area contributed by atoms with Gasteiger partial charge in [-0.1, -0.05) is 31.2 Å². The molecular formula is C12H20O2. The molecule has 0 unspecified atom stereocenters. The van der Waals surface area contributed by atoms with Crippen LogP contribution < -0.4 is 0 Å². The molecule has 2 nitrogen and oxygen atoms in total. The zero-order valence-corrected chi connectivity index (χ0v) is 9.16. The molecule has 0 fully saturated rings. The second kappa shape index (κ2) is 10.0. The molecule has 0 rings (SSSR count). The van der Waals surface area contributed by atoms with Gasteiger partial charge in [-0.25, -0.2) is 0 Å². The van der Waals surface area contributed by atoms with E-state index in [1.165, 1.54) is 7.11 Å². The zero-order chi connectivity index (χ0) is 10.6. The Morgan fingerprint density at radius 2 is 1.93 bits per heavy atom. The lowest BCUT2D eigenvalue weighted by Crippen LogP contribution is -1.98. The van der Waals surface area contributed by atoms with Gasteiger partial charge in [0.25, 0.3) is 0 Å². The van der Waals surface area contributed by atoms with Gasteiger partial charge in [0.1, 0.15) is 0 Å². The SMILES string of the molecule is CC/C=C/C=C/CCCCC(=O)OC. The predicted octanol–water partition coefficient (Wildman–Crippen LogP) is 3.24. The van der Waals surface area contributed by atoms with Crippen molar-refractivity contribution in [2.45, 2.75) is 39.0 Å². The molecule has 14 heavy (non-hydrogen) atoms. The van der Waals surface area contributed by atoms with Crippen LogP contribution in [0.5, 0.6) is 0 Å². The lowest BCUT2D eigenvalue weighted by atomic mass is 10.2. The first-order valence-electron chi connectivity index (χ1n) is 5.19.